The van der Waals surface area contributed by atoms with Crippen LogP contribution in [0.25, 0.3) is 0 Å². The van der Waals surface area contributed by atoms with E-state index in [2.05, 4.69) is 24.1 Å². The van der Waals surface area contributed by atoms with Gasteiger partial charge in [0.15, 0.2) is 0 Å². The van der Waals surface area contributed by atoms with Crippen molar-refractivity contribution in [3.8, 4) is 0 Å². The predicted octanol–water partition coefficient (Wildman–Crippen LogP) is 2.39. The molecule has 0 bridgehead atoms. The molecule has 17 heavy (non-hydrogen) atoms. The van der Waals surface area contributed by atoms with Gasteiger partial charge in [0.25, 0.3) is 0 Å². The molecule has 1 rings (SSSR count). The maximum Gasteiger partial charge on any atom is 0.0716 e. The highest BCUT2D eigenvalue weighted by Crippen LogP contribution is 2.06. The molecule has 0 aromatic heterocycles. The van der Waals surface area contributed by atoms with Gasteiger partial charge in [-0.15, -0.1) is 6.58 Å². The molecular formula is C14H22N2O. The zero-order valence-corrected chi connectivity index (χ0v) is 10.5. The number of hydrogen-bond donors (Lipinski definition) is 2. The molecule has 0 saturated heterocycles. The number of nitrogens with two attached hydrogens (primary N) is 1. The third-order valence-corrected chi connectivity index (χ3v) is 2.55. The van der Waals surface area contributed by atoms with Crippen molar-refractivity contribution in [2.24, 2.45) is 5.84 Å². The van der Waals surface area contributed by atoms with Gasteiger partial charge >= 0.3 is 0 Å². The highest BCUT2D eigenvalue weighted by molar-refractivity contribution is 5.13. The molecule has 0 radical (unpaired) electrons. The van der Waals surface area contributed by atoms with E-state index in [9.17, 15) is 0 Å². The highest BCUT2D eigenvalue weighted by Gasteiger charge is 2.06. The number of nitrogens with one attached hydrogen (secondary N) is 1. The first kappa shape index (κ1) is 13.9. The van der Waals surface area contributed by atoms with E-state index in [0.717, 1.165) is 18.4 Å². The molecule has 0 aliphatic heterocycles. The minimum atomic E-state index is 0.253. The summed E-state index contributed by atoms with van der Waals surface area (Å²) in [6, 6.07) is 10.4. The van der Waals surface area contributed by atoms with Gasteiger partial charge in [0.2, 0.25) is 0 Å². The van der Waals surface area contributed by atoms with Gasteiger partial charge < -0.3 is 4.74 Å². The van der Waals surface area contributed by atoms with Crippen molar-refractivity contribution < 1.29 is 4.74 Å². The summed E-state index contributed by atoms with van der Waals surface area (Å²) in [7, 11) is 0. The van der Waals surface area contributed by atoms with Crippen LogP contribution >= 0.6 is 0 Å². The lowest BCUT2D eigenvalue weighted by atomic mass is 10.1. The molecule has 1 unspecified atom stereocenters. The lowest BCUT2D eigenvalue weighted by Gasteiger charge is -2.15. The summed E-state index contributed by atoms with van der Waals surface area (Å²) in [6.45, 7) is 7.25. The van der Waals surface area contributed by atoms with Crippen LogP contribution in [0.3, 0.4) is 0 Å². The normalized spacial score (nSPS) is 12.4. The summed E-state index contributed by atoms with van der Waals surface area (Å²) in [5.74, 6) is 5.47. The standard InChI is InChI=1S/C14H22N2O/c1-12(2)10-14(16-15)8-9-17-11-13-6-4-3-5-7-13/h3-7,14,16H,1,8-11,15H2,2H3. The Morgan fingerprint density at radius 1 is 1.41 bits per heavy atom. The maximum absolute atomic E-state index is 5.61. The van der Waals surface area contributed by atoms with Crippen LogP contribution in [0.5, 0.6) is 0 Å². The summed E-state index contributed by atoms with van der Waals surface area (Å²) >= 11 is 0. The molecule has 0 fully saturated rings. The van der Waals surface area contributed by atoms with Gasteiger partial charge in [0.1, 0.15) is 0 Å². The van der Waals surface area contributed by atoms with Crippen LogP contribution in [0.15, 0.2) is 42.5 Å². The number of rotatable bonds is 8. The Morgan fingerprint density at radius 2 is 2.12 bits per heavy atom. The van der Waals surface area contributed by atoms with Crippen molar-refractivity contribution in [1.82, 2.24) is 5.43 Å². The first-order valence-electron chi connectivity index (χ1n) is 5.94. The van der Waals surface area contributed by atoms with Gasteiger partial charge in [-0.25, -0.2) is 0 Å². The maximum atomic E-state index is 5.61. The first-order chi connectivity index (χ1) is 8.22. The summed E-state index contributed by atoms with van der Waals surface area (Å²) in [6.07, 6.45) is 1.79. The largest absolute Gasteiger partial charge is 0.377 e. The Hall–Kier alpha value is -1.16. The van der Waals surface area contributed by atoms with Crippen LogP contribution in [-0.2, 0) is 11.3 Å². The molecule has 3 heteroatoms. The Labute approximate surface area is 104 Å². The molecule has 1 atom stereocenters. The lowest BCUT2D eigenvalue weighted by molar-refractivity contribution is 0.111. The molecule has 0 heterocycles. The summed E-state index contributed by atoms with van der Waals surface area (Å²) < 4.78 is 5.61. The Kier molecular flexibility index (Phi) is 6.55. The van der Waals surface area contributed by atoms with Crippen molar-refractivity contribution in [2.75, 3.05) is 6.61 Å². The van der Waals surface area contributed by atoms with Gasteiger partial charge in [-0.2, -0.15) is 0 Å². The fourth-order valence-corrected chi connectivity index (χ4v) is 1.65. The van der Waals surface area contributed by atoms with Crippen molar-refractivity contribution in [1.29, 1.82) is 0 Å². The minimum absolute atomic E-state index is 0.253. The predicted molar refractivity (Wildman–Crippen MR) is 71.3 cm³/mol. The second kappa shape index (κ2) is 8.01. The molecule has 0 aliphatic rings. The molecule has 0 amide bonds. The van der Waals surface area contributed by atoms with E-state index in [1.54, 1.807) is 0 Å². The van der Waals surface area contributed by atoms with E-state index < -0.39 is 0 Å². The van der Waals surface area contributed by atoms with E-state index in [0.29, 0.717) is 13.2 Å². The van der Waals surface area contributed by atoms with Crippen molar-refractivity contribution in [3.63, 3.8) is 0 Å². The van der Waals surface area contributed by atoms with Crippen molar-refractivity contribution in [2.45, 2.75) is 32.4 Å². The third kappa shape index (κ3) is 6.22. The molecule has 3 nitrogen and oxygen atoms in total. The lowest BCUT2D eigenvalue weighted by Crippen LogP contribution is -2.36. The topological polar surface area (TPSA) is 47.3 Å². The van der Waals surface area contributed by atoms with Crippen molar-refractivity contribution >= 4 is 0 Å². The van der Waals surface area contributed by atoms with Crippen LogP contribution < -0.4 is 11.3 Å². The van der Waals surface area contributed by atoms with E-state index >= 15 is 0 Å². The van der Waals surface area contributed by atoms with Crippen LogP contribution in [0.2, 0.25) is 0 Å². The summed E-state index contributed by atoms with van der Waals surface area (Å²) in [5.41, 5.74) is 5.13. The average Bonchev–Trinajstić information content (AvgIpc) is 2.34. The second-order valence-electron chi connectivity index (χ2n) is 4.35. The molecule has 94 valence electrons. The van der Waals surface area contributed by atoms with Gasteiger partial charge in [0, 0.05) is 12.6 Å². The quantitative estimate of drug-likeness (QED) is 0.314. The van der Waals surface area contributed by atoms with Gasteiger partial charge in [-0.05, 0) is 25.3 Å². The van der Waals surface area contributed by atoms with Crippen molar-refractivity contribution in [3.05, 3.63) is 48.0 Å². The fraction of sp³-hybridized carbons (Fsp3) is 0.429. The minimum Gasteiger partial charge on any atom is -0.377 e. The van der Waals surface area contributed by atoms with Crippen LogP contribution in [0, 0.1) is 0 Å². The Balaban J connectivity index is 2.16. The van der Waals surface area contributed by atoms with Gasteiger partial charge in [0.05, 0.1) is 6.61 Å². The fourth-order valence-electron chi connectivity index (χ4n) is 1.65. The van der Waals surface area contributed by atoms with E-state index in [1.165, 1.54) is 5.56 Å². The Morgan fingerprint density at radius 3 is 2.71 bits per heavy atom. The van der Waals surface area contributed by atoms with Crippen LogP contribution in [0.4, 0.5) is 0 Å². The number of hydrogen-bond acceptors (Lipinski definition) is 3. The molecule has 1 aromatic carbocycles. The summed E-state index contributed by atoms with van der Waals surface area (Å²) in [4.78, 5) is 0. The second-order valence-corrected chi connectivity index (χ2v) is 4.35. The van der Waals surface area contributed by atoms with E-state index in [1.807, 2.05) is 25.1 Å². The smallest absolute Gasteiger partial charge is 0.0716 e. The zero-order chi connectivity index (χ0) is 12.5. The molecule has 0 aliphatic carbocycles. The van der Waals surface area contributed by atoms with Crippen LogP contribution in [0.1, 0.15) is 25.3 Å². The van der Waals surface area contributed by atoms with Gasteiger partial charge in [-0.3, -0.25) is 11.3 Å². The van der Waals surface area contributed by atoms with Gasteiger partial charge in [-0.1, -0.05) is 35.9 Å². The number of benzene rings is 1. The number of ether oxygens (including phenoxy) is 1. The van der Waals surface area contributed by atoms with Crippen LogP contribution in [-0.4, -0.2) is 12.6 Å². The van der Waals surface area contributed by atoms with E-state index in [4.69, 9.17) is 10.6 Å². The first-order valence-corrected chi connectivity index (χ1v) is 5.94. The zero-order valence-electron chi connectivity index (χ0n) is 10.5. The third-order valence-electron chi connectivity index (χ3n) is 2.55. The van der Waals surface area contributed by atoms with E-state index in [-0.39, 0.29) is 6.04 Å². The average molecular weight is 234 g/mol. The monoisotopic (exact) mass is 234 g/mol. The molecular weight excluding hydrogens is 212 g/mol. The highest BCUT2D eigenvalue weighted by atomic mass is 16.5. The molecule has 3 N–H and O–H groups in total. The molecule has 0 saturated carbocycles. The number of hydrazine groups is 1. The summed E-state index contributed by atoms with van der Waals surface area (Å²) in [5, 5.41) is 0. The molecule has 1 aromatic rings. The SMILES string of the molecule is C=C(C)CC(CCOCc1ccccc1)NN. The molecule has 0 spiro atoms. The Bertz CT molecular complexity index is 324.